The number of aliphatic carboxylic acids is 1. The molecule has 0 radical (unpaired) electrons. The van der Waals surface area contributed by atoms with Crippen molar-refractivity contribution in [2.45, 2.75) is 18.7 Å². The molecule has 2 atom stereocenters. The van der Waals surface area contributed by atoms with Crippen molar-refractivity contribution in [2.75, 3.05) is 6.16 Å². The average Bonchev–Trinajstić information content (AvgIpc) is 2.37. The highest BCUT2D eigenvalue weighted by Crippen LogP contribution is 2.55. The summed E-state index contributed by atoms with van der Waals surface area (Å²) >= 11 is 0. The lowest BCUT2D eigenvalue weighted by atomic mass is 10.2. The van der Waals surface area contributed by atoms with Crippen molar-refractivity contribution >= 4 is 19.0 Å². The molecule has 0 saturated carbocycles. The molecule has 10 heteroatoms. The van der Waals surface area contributed by atoms with Crippen molar-refractivity contribution in [3.05, 3.63) is 33.9 Å². The van der Waals surface area contributed by atoms with E-state index in [9.17, 15) is 34.6 Å². The Morgan fingerprint density at radius 2 is 2.05 bits per heavy atom. The highest BCUT2D eigenvalue weighted by molar-refractivity contribution is 7.58. The first-order valence-corrected chi connectivity index (χ1v) is 7.75. The molecule has 2 unspecified atom stereocenters. The lowest BCUT2D eigenvalue weighted by molar-refractivity contribution is -0.386. The molecule has 0 aliphatic carbocycles. The van der Waals surface area contributed by atoms with E-state index in [0.717, 1.165) is 18.2 Å². The number of hydrogen-bond acceptors (Lipinski definition) is 6. The van der Waals surface area contributed by atoms with Crippen LogP contribution in [0.4, 0.5) is 5.69 Å². The SMILES string of the molecule is O=C(O)CCCP(=O)(O)C(O)c1ccc(O)c([N+](=O)[O-])c1. The molecule has 0 aliphatic heterocycles. The molecular weight excluding hydrogens is 305 g/mol. The Kier molecular flexibility index (Phi) is 5.42. The molecule has 0 spiro atoms. The van der Waals surface area contributed by atoms with Gasteiger partial charge in [0.25, 0.3) is 0 Å². The number of carboxylic acids is 1. The lowest BCUT2D eigenvalue weighted by Gasteiger charge is -2.18. The number of carbonyl (C=O) groups is 1. The molecule has 21 heavy (non-hydrogen) atoms. The van der Waals surface area contributed by atoms with Crippen LogP contribution in [0.1, 0.15) is 24.3 Å². The van der Waals surface area contributed by atoms with E-state index >= 15 is 0 Å². The van der Waals surface area contributed by atoms with Crippen LogP contribution in [0.15, 0.2) is 18.2 Å². The quantitative estimate of drug-likeness (QED) is 0.333. The van der Waals surface area contributed by atoms with E-state index < -0.39 is 41.7 Å². The number of nitrogens with zero attached hydrogens (tertiary/aromatic N) is 1. The van der Waals surface area contributed by atoms with E-state index in [2.05, 4.69) is 0 Å². The van der Waals surface area contributed by atoms with Crippen molar-refractivity contribution in [2.24, 2.45) is 0 Å². The second-order valence-corrected chi connectivity index (χ2v) is 6.80. The van der Waals surface area contributed by atoms with Gasteiger partial charge in [0.2, 0.25) is 7.37 Å². The third-order valence-corrected chi connectivity index (χ3v) is 4.77. The van der Waals surface area contributed by atoms with Crippen LogP contribution in [0.2, 0.25) is 0 Å². The predicted octanol–water partition coefficient (Wildman–Crippen LogP) is 1.43. The Morgan fingerprint density at radius 1 is 1.43 bits per heavy atom. The van der Waals surface area contributed by atoms with Crippen LogP contribution < -0.4 is 0 Å². The van der Waals surface area contributed by atoms with Crippen molar-refractivity contribution in [1.29, 1.82) is 0 Å². The number of phenols is 1. The molecule has 0 amide bonds. The molecule has 0 bridgehead atoms. The molecule has 0 fully saturated rings. The van der Waals surface area contributed by atoms with Gasteiger partial charge in [0, 0.05) is 18.6 Å². The van der Waals surface area contributed by atoms with Gasteiger partial charge in [0.15, 0.2) is 11.6 Å². The number of nitro groups is 1. The zero-order chi connectivity index (χ0) is 16.2. The Hall–Kier alpha value is -1.96. The summed E-state index contributed by atoms with van der Waals surface area (Å²) in [6, 6.07) is 2.83. The first-order chi connectivity index (χ1) is 9.65. The van der Waals surface area contributed by atoms with Gasteiger partial charge in [-0.05, 0) is 18.1 Å². The lowest BCUT2D eigenvalue weighted by Crippen LogP contribution is -2.05. The van der Waals surface area contributed by atoms with Gasteiger partial charge < -0.3 is 20.2 Å². The van der Waals surface area contributed by atoms with Crippen LogP contribution >= 0.6 is 7.37 Å². The molecular formula is C11H14NO8P. The molecule has 0 saturated heterocycles. The third-order valence-electron chi connectivity index (χ3n) is 2.75. The minimum absolute atomic E-state index is 0.111. The third kappa shape index (κ3) is 4.52. The largest absolute Gasteiger partial charge is 0.502 e. The van der Waals surface area contributed by atoms with E-state index in [1.54, 1.807) is 0 Å². The van der Waals surface area contributed by atoms with Gasteiger partial charge in [0.05, 0.1) is 4.92 Å². The topological polar surface area (TPSA) is 158 Å². The van der Waals surface area contributed by atoms with Crippen LogP contribution in [0.3, 0.4) is 0 Å². The Morgan fingerprint density at radius 3 is 2.57 bits per heavy atom. The van der Waals surface area contributed by atoms with Gasteiger partial charge >= 0.3 is 11.7 Å². The number of benzene rings is 1. The smallest absolute Gasteiger partial charge is 0.311 e. The van der Waals surface area contributed by atoms with Crippen molar-refractivity contribution in [1.82, 2.24) is 0 Å². The number of phenolic OH excluding ortho intramolecular Hbond substituents is 1. The number of rotatable bonds is 7. The molecule has 1 rings (SSSR count). The average molecular weight is 319 g/mol. The van der Waals surface area contributed by atoms with E-state index in [4.69, 9.17) is 5.11 Å². The maximum Gasteiger partial charge on any atom is 0.311 e. The first kappa shape index (κ1) is 17.1. The van der Waals surface area contributed by atoms with Gasteiger partial charge in [-0.25, -0.2) is 0 Å². The normalized spacial score (nSPS) is 15.1. The zero-order valence-electron chi connectivity index (χ0n) is 10.7. The fourth-order valence-corrected chi connectivity index (χ4v) is 3.14. The highest BCUT2D eigenvalue weighted by atomic mass is 31.2. The summed E-state index contributed by atoms with van der Waals surface area (Å²) in [5, 5.41) is 38.2. The van der Waals surface area contributed by atoms with Gasteiger partial charge in [-0.1, -0.05) is 6.07 Å². The van der Waals surface area contributed by atoms with Crippen LogP contribution in [-0.4, -0.2) is 37.3 Å². The molecule has 116 valence electrons. The fraction of sp³-hybridized carbons (Fsp3) is 0.364. The maximum absolute atomic E-state index is 11.9. The van der Waals surface area contributed by atoms with Gasteiger partial charge in [-0.3, -0.25) is 19.5 Å². The molecule has 1 aromatic rings. The maximum atomic E-state index is 11.9. The van der Waals surface area contributed by atoms with E-state index in [-0.39, 0.29) is 18.4 Å². The van der Waals surface area contributed by atoms with Gasteiger partial charge in [-0.2, -0.15) is 0 Å². The van der Waals surface area contributed by atoms with Crippen molar-refractivity contribution in [3.63, 3.8) is 0 Å². The van der Waals surface area contributed by atoms with Gasteiger partial charge in [0.1, 0.15) is 0 Å². The Bertz CT molecular complexity index is 602. The molecule has 0 heterocycles. The van der Waals surface area contributed by atoms with E-state index in [1.807, 2.05) is 0 Å². The number of aliphatic hydroxyl groups excluding tert-OH is 1. The number of nitro benzene ring substituents is 1. The summed E-state index contributed by atoms with van der Waals surface area (Å²) in [5.41, 5.74) is -0.891. The second-order valence-electron chi connectivity index (χ2n) is 4.36. The Labute approximate surface area is 119 Å². The number of carboxylic acid groups (broad SMARTS) is 1. The molecule has 9 nitrogen and oxygen atoms in total. The number of aliphatic hydroxyl groups is 1. The monoisotopic (exact) mass is 319 g/mol. The molecule has 0 aromatic heterocycles. The summed E-state index contributed by atoms with van der Waals surface area (Å²) in [7, 11) is -4.14. The molecule has 1 aromatic carbocycles. The van der Waals surface area contributed by atoms with E-state index in [0.29, 0.717) is 0 Å². The van der Waals surface area contributed by atoms with Gasteiger partial charge in [-0.15, -0.1) is 0 Å². The minimum atomic E-state index is -4.14. The number of hydrogen-bond donors (Lipinski definition) is 4. The summed E-state index contributed by atoms with van der Waals surface area (Å²) in [4.78, 5) is 29.8. The second kappa shape index (κ2) is 6.66. The summed E-state index contributed by atoms with van der Waals surface area (Å²) < 4.78 is 11.9. The van der Waals surface area contributed by atoms with E-state index in [1.165, 1.54) is 0 Å². The van der Waals surface area contributed by atoms with Crippen LogP contribution in [-0.2, 0) is 9.36 Å². The summed E-state index contributed by atoms with van der Waals surface area (Å²) in [6.07, 6.45) is -0.873. The standard InChI is InChI=1S/C11H14NO8P/c13-9-4-3-7(6-8(9)12(17)18)11(16)21(19,20)5-1-2-10(14)15/h3-4,6,11,13,16H,1-2,5H2,(H,14,15)(H,19,20). The Balaban J connectivity index is 2.94. The van der Waals surface area contributed by atoms with Crippen molar-refractivity contribution in [3.8, 4) is 5.75 Å². The van der Waals surface area contributed by atoms with Crippen LogP contribution in [0.25, 0.3) is 0 Å². The first-order valence-electron chi connectivity index (χ1n) is 5.84. The number of aromatic hydroxyl groups is 1. The fourth-order valence-electron chi connectivity index (χ4n) is 1.66. The summed E-state index contributed by atoms with van der Waals surface area (Å²) in [5.74, 6) is -3.65. The predicted molar refractivity (Wildman–Crippen MR) is 71.3 cm³/mol. The van der Waals surface area contributed by atoms with Crippen LogP contribution in [0, 0.1) is 10.1 Å². The highest BCUT2D eigenvalue weighted by Gasteiger charge is 2.31. The summed E-state index contributed by atoms with van der Waals surface area (Å²) in [6.45, 7) is 0. The zero-order valence-corrected chi connectivity index (χ0v) is 11.6. The van der Waals surface area contributed by atoms with Crippen LogP contribution in [0.5, 0.6) is 5.75 Å². The molecule has 4 N–H and O–H groups in total. The molecule has 0 aliphatic rings. The van der Waals surface area contributed by atoms with Crippen molar-refractivity contribution < 1.29 is 34.5 Å². The minimum Gasteiger partial charge on any atom is -0.502 e.